The average Bonchev–Trinajstić information content (AvgIpc) is 2.75. The van der Waals surface area contributed by atoms with Gasteiger partial charge < -0.3 is 20.3 Å². The Hall–Kier alpha value is -3.82. The van der Waals surface area contributed by atoms with Crippen LogP contribution in [0.25, 0.3) is 11.1 Å². The molecule has 0 saturated carbocycles. The summed E-state index contributed by atoms with van der Waals surface area (Å²) in [4.78, 5) is 4.43. The molecule has 2 aromatic carbocycles. The molecule has 4 N–H and O–H groups in total. The number of aliphatic hydroxyl groups is 1. The van der Waals surface area contributed by atoms with E-state index in [1.54, 1.807) is 20.0 Å². The quantitative estimate of drug-likeness (QED) is 0.342. The summed E-state index contributed by atoms with van der Waals surface area (Å²) in [5.41, 5.74) is 8.85. The van der Waals surface area contributed by atoms with E-state index in [-0.39, 0.29) is 18.5 Å². The van der Waals surface area contributed by atoms with E-state index >= 15 is 0 Å². The predicted octanol–water partition coefficient (Wildman–Crippen LogP) is 4.02. The van der Waals surface area contributed by atoms with Crippen LogP contribution in [-0.4, -0.2) is 28.3 Å². The Morgan fingerprint density at radius 1 is 1.16 bits per heavy atom. The molecular formula is C25H23N3O3. The molecule has 1 atom stereocenters. The number of ether oxygens (including phenoxy) is 2. The predicted molar refractivity (Wildman–Crippen MR) is 119 cm³/mol. The summed E-state index contributed by atoms with van der Waals surface area (Å²) in [6.45, 7) is 3.42. The number of fused-ring (bicyclic) bond motifs is 2. The van der Waals surface area contributed by atoms with Crippen LogP contribution in [0.15, 0.2) is 60.8 Å². The van der Waals surface area contributed by atoms with Crippen LogP contribution < -0.4 is 10.5 Å². The second-order valence-corrected chi connectivity index (χ2v) is 7.88. The Labute approximate surface area is 181 Å². The van der Waals surface area contributed by atoms with Gasteiger partial charge in [0.25, 0.3) is 6.02 Å². The van der Waals surface area contributed by atoms with Crippen molar-refractivity contribution < 1.29 is 14.6 Å². The molecule has 0 fully saturated rings. The van der Waals surface area contributed by atoms with E-state index < -0.39 is 5.60 Å². The van der Waals surface area contributed by atoms with Gasteiger partial charge in [0, 0.05) is 22.9 Å². The van der Waals surface area contributed by atoms with Gasteiger partial charge in [-0.2, -0.15) is 0 Å². The standard InChI is InChI=1S/C25H23N3O3/c1-25(2,29)11-10-16-12-20-21(15-30-24(26)27)19-13-18(17-6-4-3-5-7-17)8-9-22(19)31-23(20)28-14-16/h3-9,12-14,21,29H,15H2,1-2H3,(H3,26,27). The minimum Gasteiger partial charge on any atom is -0.465 e. The fourth-order valence-electron chi connectivity index (χ4n) is 3.45. The molecule has 6 nitrogen and oxygen atoms in total. The summed E-state index contributed by atoms with van der Waals surface area (Å²) in [6, 6.07) is 17.6. The third-order valence-electron chi connectivity index (χ3n) is 4.87. The van der Waals surface area contributed by atoms with Crippen LogP contribution >= 0.6 is 0 Å². The number of nitrogens with two attached hydrogens (primary N) is 1. The van der Waals surface area contributed by atoms with Crippen molar-refractivity contribution in [2.75, 3.05) is 6.61 Å². The zero-order chi connectivity index (χ0) is 22.0. The van der Waals surface area contributed by atoms with Crippen LogP contribution in [0.5, 0.6) is 11.6 Å². The zero-order valence-corrected chi connectivity index (χ0v) is 17.3. The third-order valence-corrected chi connectivity index (χ3v) is 4.87. The van der Waals surface area contributed by atoms with E-state index in [2.05, 4.69) is 22.9 Å². The lowest BCUT2D eigenvalue weighted by atomic mass is 9.87. The highest BCUT2D eigenvalue weighted by Gasteiger charge is 2.30. The molecule has 0 radical (unpaired) electrons. The van der Waals surface area contributed by atoms with Crippen molar-refractivity contribution in [3.8, 4) is 34.6 Å². The molecule has 2 heterocycles. The minimum atomic E-state index is -1.11. The first kappa shape index (κ1) is 20.5. The van der Waals surface area contributed by atoms with Gasteiger partial charge in [-0.25, -0.2) is 4.98 Å². The Balaban J connectivity index is 1.79. The number of rotatable bonds is 3. The number of amidine groups is 1. The maximum absolute atomic E-state index is 9.91. The Morgan fingerprint density at radius 3 is 2.65 bits per heavy atom. The molecule has 0 aliphatic carbocycles. The van der Waals surface area contributed by atoms with Crippen LogP contribution in [-0.2, 0) is 4.74 Å². The third kappa shape index (κ3) is 4.68. The molecule has 3 aromatic rings. The highest BCUT2D eigenvalue weighted by molar-refractivity contribution is 5.69. The first-order valence-corrected chi connectivity index (χ1v) is 9.90. The van der Waals surface area contributed by atoms with Crippen molar-refractivity contribution in [1.29, 1.82) is 5.41 Å². The molecule has 1 aliphatic rings. The number of nitrogens with one attached hydrogen (secondary N) is 1. The van der Waals surface area contributed by atoms with Crippen LogP contribution in [0, 0.1) is 17.3 Å². The molecule has 1 aromatic heterocycles. The lowest BCUT2D eigenvalue weighted by molar-refractivity contribution is 0.143. The number of hydrogen-bond donors (Lipinski definition) is 3. The van der Waals surface area contributed by atoms with Crippen LogP contribution in [0.3, 0.4) is 0 Å². The lowest BCUT2D eigenvalue weighted by Gasteiger charge is -2.28. The summed E-state index contributed by atoms with van der Waals surface area (Å²) in [7, 11) is 0. The number of benzene rings is 2. The van der Waals surface area contributed by atoms with E-state index in [1.807, 2.05) is 48.5 Å². The second kappa shape index (κ2) is 8.13. The SMILES string of the molecule is CC(C)(O)C#Cc1cnc2c(c1)C(COC(=N)N)c1cc(-c3ccccc3)ccc1O2. The van der Waals surface area contributed by atoms with Gasteiger partial charge in [0.15, 0.2) is 0 Å². The van der Waals surface area contributed by atoms with Gasteiger partial charge in [0.2, 0.25) is 5.88 Å². The average molecular weight is 413 g/mol. The monoisotopic (exact) mass is 413 g/mol. The molecule has 1 unspecified atom stereocenters. The number of hydrogen-bond acceptors (Lipinski definition) is 5. The summed E-state index contributed by atoms with van der Waals surface area (Å²) < 4.78 is 11.5. The van der Waals surface area contributed by atoms with Crippen molar-refractivity contribution in [3.05, 3.63) is 77.5 Å². The van der Waals surface area contributed by atoms with Gasteiger partial charge in [0.1, 0.15) is 18.0 Å². The molecule has 6 heteroatoms. The fraction of sp³-hybridized carbons (Fsp3) is 0.200. The smallest absolute Gasteiger partial charge is 0.279 e. The van der Waals surface area contributed by atoms with E-state index in [0.717, 1.165) is 22.3 Å². The maximum Gasteiger partial charge on any atom is 0.279 e. The molecule has 1 aliphatic heterocycles. The second-order valence-electron chi connectivity index (χ2n) is 7.88. The Morgan fingerprint density at radius 2 is 1.94 bits per heavy atom. The molecule has 0 amide bonds. The molecule has 0 spiro atoms. The summed E-state index contributed by atoms with van der Waals surface area (Å²) >= 11 is 0. The topological polar surface area (TPSA) is 101 Å². The van der Waals surface area contributed by atoms with Crippen LogP contribution in [0.4, 0.5) is 0 Å². The normalized spacial score (nSPS) is 14.4. The summed E-state index contributed by atoms with van der Waals surface area (Å²) in [5, 5.41) is 17.4. The fourth-order valence-corrected chi connectivity index (χ4v) is 3.45. The van der Waals surface area contributed by atoms with Crippen molar-refractivity contribution in [2.24, 2.45) is 5.73 Å². The Kier molecular flexibility index (Phi) is 5.37. The first-order valence-electron chi connectivity index (χ1n) is 9.90. The minimum absolute atomic E-state index is 0.168. The van der Waals surface area contributed by atoms with Crippen LogP contribution in [0.2, 0.25) is 0 Å². The van der Waals surface area contributed by atoms with Gasteiger partial charge in [-0.1, -0.05) is 48.2 Å². The zero-order valence-electron chi connectivity index (χ0n) is 17.3. The molecule has 0 saturated heterocycles. The van der Waals surface area contributed by atoms with Crippen molar-refractivity contribution in [2.45, 2.75) is 25.4 Å². The molecular weight excluding hydrogens is 390 g/mol. The van der Waals surface area contributed by atoms with Crippen molar-refractivity contribution in [1.82, 2.24) is 4.98 Å². The van der Waals surface area contributed by atoms with Crippen molar-refractivity contribution >= 4 is 6.02 Å². The van der Waals surface area contributed by atoms with Gasteiger partial charge >= 0.3 is 0 Å². The van der Waals surface area contributed by atoms with Crippen molar-refractivity contribution in [3.63, 3.8) is 0 Å². The highest BCUT2D eigenvalue weighted by atomic mass is 16.5. The summed E-state index contributed by atoms with van der Waals surface area (Å²) in [5.74, 6) is 6.66. The maximum atomic E-state index is 9.91. The largest absolute Gasteiger partial charge is 0.465 e. The first-order chi connectivity index (χ1) is 14.8. The molecule has 4 rings (SSSR count). The van der Waals surface area contributed by atoms with E-state index in [1.165, 1.54) is 0 Å². The highest BCUT2D eigenvalue weighted by Crippen LogP contribution is 2.44. The summed E-state index contributed by atoms with van der Waals surface area (Å²) in [6.07, 6.45) is 1.61. The molecule has 156 valence electrons. The Bertz CT molecular complexity index is 1190. The van der Waals surface area contributed by atoms with Gasteiger partial charge in [-0.3, -0.25) is 5.41 Å². The molecule has 31 heavy (non-hydrogen) atoms. The van der Waals surface area contributed by atoms with E-state index in [4.69, 9.17) is 20.6 Å². The lowest BCUT2D eigenvalue weighted by Crippen LogP contribution is -2.22. The van der Waals surface area contributed by atoms with Gasteiger partial charge in [-0.05, 0) is 43.2 Å². The number of pyridine rings is 1. The number of nitrogens with zero attached hydrogens (tertiary/aromatic N) is 1. The molecule has 0 bridgehead atoms. The number of aromatic nitrogens is 1. The van der Waals surface area contributed by atoms with E-state index in [9.17, 15) is 5.11 Å². The van der Waals surface area contributed by atoms with E-state index in [0.29, 0.717) is 17.2 Å². The van der Waals surface area contributed by atoms with Crippen LogP contribution in [0.1, 0.15) is 36.5 Å². The van der Waals surface area contributed by atoms with Gasteiger partial charge in [0.05, 0.1) is 5.92 Å². The van der Waals surface area contributed by atoms with Gasteiger partial charge in [-0.15, -0.1) is 0 Å².